The molecule has 0 amide bonds. The van der Waals surface area contributed by atoms with Crippen molar-refractivity contribution >= 4 is 22.6 Å². The van der Waals surface area contributed by atoms with E-state index in [2.05, 4.69) is 9.55 Å². The molecule has 0 radical (unpaired) electrons. The number of para-hydroxylation sites is 1. The number of rotatable bonds is 2. The molecule has 0 unspecified atom stereocenters. The molecule has 1 aromatic carbocycles. The molecule has 4 heteroatoms. The molecule has 17 heavy (non-hydrogen) atoms. The molecule has 1 heterocycles. The second-order valence-corrected chi connectivity index (χ2v) is 5.49. The summed E-state index contributed by atoms with van der Waals surface area (Å²) in [5.74, 6) is 1.04. The van der Waals surface area contributed by atoms with Crippen molar-refractivity contribution < 1.29 is 0 Å². The SMILES string of the molecule is Cn1c(CC2(N)CCC2)nc2cccc(Cl)c21. The summed E-state index contributed by atoms with van der Waals surface area (Å²) in [6.07, 6.45) is 4.28. The van der Waals surface area contributed by atoms with Gasteiger partial charge in [0.15, 0.2) is 0 Å². The van der Waals surface area contributed by atoms with Crippen LogP contribution in [0.4, 0.5) is 0 Å². The first-order valence-corrected chi connectivity index (χ1v) is 6.36. The van der Waals surface area contributed by atoms with Gasteiger partial charge >= 0.3 is 0 Å². The Balaban J connectivity index is 2.05. The number of halogens is 1. The van der Waals surface area contributed by atoms with Crippen LogP contribution in [0.1, 0.15) is 25.1 Å². The van der Waals surface area contributed by atoms with E-state index in [1.165, 1.54) is 6.42 Å². The lowest BCUT2D eigenvalue weighted by atomic mass is 9.75. The first-order valence-electron chi connectivity index (χ1n) is 5.98. The average Bonchev–Trinajstić information content (AvgIpc) is 2.55. The number of hydrogen-bond donors (Lipinski definition) is 1. The highest BCUT2D eigenvalue weighted by molar-refractivity contribution is 6.35. The van der Waals surface area contributed by atoms with Crippen LogP contribution in [0.3, 0.4) is 0 Å². The third-order valence-electron chi connectivity index (χ3n) is 3.80. The molecule has 0 spiro atoms. The number of benzene rings is 1. The Kier molecular flexibility index (Phi) is 2.42. The molecule has 1 aromatic heterocycles. The lowest BCUT2D eigenvalue weighted by Crippen LogP contribution is -2.48. The van der Waals surface area contributed by atoms with Crippen LogP contribution in [0.2, 0.25) is 5.02 Å². The summed E-state index contributed by atoms with van der Waals surface area (Å²) in [7, 11) is 2.01. The minimum absolute atomic E-state index is 0.0401. The van der Waals surface area contributed by atoms with Crippen LogP contribution < -0.4 is 5.73 Å². The second kappa shape index (κ2) is 3.72. The first-order chi connectivity index (χ1) is 8.09. The maximum Gasteiger partial charge on any atom is 0.111 e. The molecule has 2 N–H and O–H groups in total. The summed E-state index contributed by atoms with van der Waals surface area (Å²) in [5, 5.41) is 0.753. The third kappa shape index (κ3) is 1.74. The summed E-state index contributed by atoms with van der Waals surface area (Å²) >= 11 is 6.20. The quantitative estimate of drug-likeness (QED) is 0.889. The predicted octanol–water partition coefficient (Wildman–Crippen LogP) is 2.65. The second-order valence-electron chi connectivity index (χ2n) is 5.09. The number of imidazole rings is 1. The van der Waals surface area contributed by atoms with Gasteiger partial charge in [-0.1, -0.05) is 17.7 Å². The minimum Gasteiger partial charge on any atom is -0.330 e. The molecule has 1 aliphatic rings. The highest BCUT2D eigenvalue weighted by Gasteiger charge is 2.34. The normalized spacial score (nSPS) is 18.3. The van der Waals surface area contributed by atoms with Gasteiger partial charge in [0.05, 0.1) is 16.1 Å². The van der Waals surface area contributed by atoms with E-state index in [0.29, 0.717) is 0 Å². The minimum atomic E-state index is -0.0401. The molecule has 0 bridgehead atoms. The molecule has 3 nitrogen and oxygen atoms in total. The van der Waals surface area contributed by atoms with Crippen molar-refractivity contribution in [2.75, 3.05) is 0 Å². The maximum atomic E-state index is 6.28. The predicted molar refractivity (Wildman–Crippen MR) is 70.2 cm³/mol. The van der Waals surface area contributed by atoms with E-state index >= 15 is 0 Å². The lowest BCUT2D eigenvalue weighted by Gasteiger charge is -2.37. The van der Waals surface area contributed by atoms with Crippen LogP contribution in [-0.4, -0.2) is 15.1 Å². The maximum absolute atomic E-state index is 6.28. The Bertz CT molecular complexity index is 569. The largest absolute Gasteiger partial charge is 0.330 e. The summed E-state index contributed by atoms with van der Waals surface area (Å²) < 4.78 is 2.07. The molecule has 90 valence electrons. The van der Waals surface area contributed by atoms with Crippen molar-refractivity contribution in [3.8, 4) is 0 Å². The van der Waals surface area contributed by atoms with Crippen molar-refractivity contribution in [3.63, 3.8) is 0 Å². The van der Waals surface area contributed by atoms with E-state index in [0.717, 1.165) is 41.1 Å². The molecule has 0 aliphatic heterocycles. The Morgan fingerprint density at radius 2 is 2.24 bits per heavy atom. The molecule has 0 saturated heterocycles. The van der Waals surface area contributed by atoms with E-state index < -0.39 is 0 Å². The fourth-order valence-corrected chi connectivity index (χ4v) is 2.85. The first kappa shape index (κ1) is 11.1. The third-order valence-corrected chi connectivity index (χ3v) is 4.10. The van der Waals surface area contributed by atoms with Gasteiger partial charge in [-0.2, -0.15) is 0 Å². The zero-order valence-corrected chi connectivity index (χ0v) is 10.7. The number of aryl methyl sites for hydroxylation is 1. The number of fused-ring (bicyclic) bond motifs is 1. The van der Waals surface area contributed by atoms with Gasteiger partial charge in [-0.05, 0) is 31.4 Å². The van der Waals surface area contributed by atoms with Gasteiger partial charge in [0.25, 0.3) is 0 Å². The van der Waals surface area contributed by atoms with Crippen molar-refractivity contribution in [3.05, 3.63) is 29.0 Å². The standard InChI is InChI=1S/C13H16ClN3/c1-17-11(8-13(15)6-3-7-13)16-10-5-2-4-9(14)12(10)17/h2,4-5H,3,6-8,15H2,1H3. The Morgan fingerprint density at radius 3 is 2.82 bits per heavy atom. The Hall–Kier alpha value is -1.06. The van der Waals surface area contributed by atoms with Crippen LogP contribution in [-0.2, 0) is 13.5 Å². The summed E-state index contributed by atoms with van der Waals surface area (Å²) in [6, 6.07) is 5.83. The molecular formula is C13H16ClN3. The number of aromatic nitrogens is 2. The highest BCUT2D eigenvalue weighted by Crippen LogP contribution is 2.33. The van der Waals surface area contributed by atoms with Crippen molar-refractivity contribution in [2.45, 2.75) is 31.2 Å². The number of hydrogen-bond acceptors (Lipinski definition) is 2. The van der Waals surface area contributed by atoms with Gasteiger partial charge in [-0.3, -0.25) is 0 Å². The van der Waals surface area contributed by atoms with E-state index in [4.69, 9.17) is 17.3 Å². The number of nitrogens with zero attached hydrogens (tertiary/aromatic N) is 2. The van der Waals surface area contributed by atoms with E-state index in [9.17, 15) is 0 Å². The summed E-state index contributed by atoms with van der Waals surface area (Å²) in [4.78, 5) is 4.64. The van der Waals surface area contributed by atoms with Gasteiger partial charge in [-0.15, -0.1) is 0 Å². The van der Waals surface area contributed by atoms with Crippen LogP contribution in [0.25, 0.3) is 11.0 Å². The van der Waals surface area contributed by atoms with Crippen LogP contribution >= 0.6 is 11.6 Å². The van der Waals surface area contributed by atoms with E-state index in [-0.39, 0.29) is 5.54 Å². The van der Waals surface area contributed by atoms with Crippen molar-refractivity contribution in [1.82, 2.24) is 9.55 Å². The monoisotopic (exact) mass is 249 g/mol. The van der Waals surface area contributed by atoms with Crippen molar-refractivity contribution in [2.24, 2.45) is 12.8 Å². The zero-order valence-electron chi connectivity index (χ0n) is 9.91. The molecule has 1 fully saturated rings. The van der Waals surface area contributed by atoms with Crippen molar-refractivity contribution in [1.29, 1.82) is 0 Å². The molecule has 1 saturated carbocycles. The van der Waals surface area contributed by atoms with Gasteiger partial charge < -0.3 is 10.3 Å². The highest BCUT2D eigenvalue weighted by atomic mass is 35.5. The lowest BCUT2D eigenvalue weighted by molar-refractivity contribution is 0.242. The topological polar surface area (TPSA) is 43.8 Å². The van der Waals surface area contributed by atoms with E-state index in [1.54, 1.807) is 0 Å². The van der Waals surface area contributed by atoms with Crippen LogP contribution in [0, 0.1) is 0 Å². The molecule has 1 aliphatic carbocycles. The fraction of sp³-hybridized carbons (Fsp3) is 0.462. The molecule has 3 rings (SSSR count). The molecule has 0 atom stereocenters. The van der Waals surface area contributed by atoms with Crippen LogP contribution in [0.15, 0.2) is 18.2 Å². The zero-order chi connectivity index (χ0) is 12.0. The van der Waals surface area contributed by atoms with Crippen LogP contribution in [0.5, 0.6) is 0 Å². The Morgan fingerprint density at radius 1 is 1.47 bits per heavy atom. The van der Waals surface area contributed by atoms with Gasteiger partial charge in [0.1, 0.15) is 5.82 Å². The molecule has 2 aromatic rings. The average molecular weight is 250 g/mol. The summed E-state index contributed by atoms with van der Waals surface area (Å²) in [5.41, 5.74) is 8.20. The summed E-state index contributed by atoms with van der Waals surface area (Å²) in [6.45, 7) is 0. The smallest absolute Gasteiger partial charge is 0.111 e. The number of nitrogens with two attached hydrogens (primary N) is 1. The molecular weight excluding hydrogens is 234 g/mol. The fourth-order valence-electron chi connectivity index (χ4n) is 2.55. The van der Waals surface area contributed by atoms with Gasteiger partial charge in [0, 0.05) is 19.0 Å². The van der Waals surface area contributed by atoms with E-state index in [1.807, 2.05) is 25.2 Å². The van der Waals surface area contributed by atoms with Gasteiger partial charge in [0.2, 0.25) is 0 Å². The van der Waals surface area contributed by atoms with Gasteiger partial charge in [-0.25, -0.2) is 4.98 Å². The Labute approximate surface area is 106 Å².